The fourth-order valence-electron chi connectivity index (χ4n) is 3.64. The van der Waals surface area contributed by atoms with E-state index >= 15 is 0 Å². The summed E-state index contributed by atoms with van der Waals surface area (Å²) in [5.41, 5.74) is 2.94. The van der Waals surface area contributed by atoms with Gasteiger partial charge in [0.1, 0.15) is 5.52 Å². The number of hydrogen-bond donors (Lipinski definition) is 1. The molecular weight excluding hydrogens is 354 g/mol. The molecule has 0 aliphatic carbocycles. The largest absolute Gasteiger partial charge is 0.459 e. The summed E-state index contributed by atoms with van der Waals surface area (Å²) in [6.07, 6.45) is 5.98. The van der Waals surface area contributed by atoms with Gasteiger partial charge in [-0.1, -0.05) is 30.3 Å². The summed E-state index contributed by atoms with van der Waals surface area (Å²) < 4.78 is 7.03. The van der Waals surface area contributed by atoms with Crippen LogP contribution in [-0.2, 0) is 0 Å². The van der Waals surface area contributed by atoms with Gasteiger partial charge < -0.3 is 14.6 Å². The van der Waals surface area contributed by atoms with E-state index in [-0.39, 0.29) is 11.9 Å². The standard InChI is InChI=1S/C21H19N5O2/c27-21(19-7-4-12-28-19)23-16-8-10-25(14-16)20-18-13-17(15-5-2-1-3-6-15)24-26(18)11-9-22-20/h1-7,9,11-13,16H,8,10,14H2,(H,23,27). The van der Waals surface area contributed by atoms with E-state index in [2.05, 4.69) is 26.4 Å². The number of carbonyl (C=O) groups is 1. The van der Waals surface area contributed by atoms with Crippen molar-refractivity contribution in [3.8, 4) is 11.3 Å². The van der Waals surface area contributed by atoms with Crippen LogP contribution >= 0.6 is 0 Å². The number of nitrogens with zero attached hydrogens (tertiary/aromatic N) is 4. The molecule has 1 unspecified atom stereocenters. The fraction of sp³-hybridized carbons (Fsp3) is 0.190. The van der Waals surface area contributed by atoms with E-state index in [4.69, 9.17) is 4.42 Å². The van der Waals surface area contributed by atoms with E-state index in [1.54, 1.807) is 18.3 Å². The minimum atomic E-state index is -0.182. The van der Waals surface area contributed by atoms with Crippen molar-refractivity contribution in [2.45, 2.75) is 12.5 Å². The second-order valence-corrected chi connectivity index (χ2v) is 6.86. The smallest absolute Gasteiger partial charge is 0.287 e. The molecule has 28 heavy (non-hydrogen) atoms. The molecule has 0 saturated carbocycles. The predicted octanol–water partition coefficient (Wildman–Crippen LogP) is 3.00. The maximum absolute atomic E-state index is 12.2. The van der Waals surface area contributed by atoms with Gasteiger partial charge in [-0.25, -0.2) is 9.50 Å². The van der Waals surface area contributed by atoms with Gasteiger partial charge in [0.25, 0.3) is 5.91 Å². The number of nitrogens with one attached hydrogen (secondary N) is 1. The Balaban J connectivity index is 1.38. The Morgan fingerprint density at radius 1 is 1.18 bits per heavy atom. The quantitative estimate of drug-likeness (QED) is 0.595. The first-order valence-corrected chi connectivity index (χ1v) is 9.27. The Morgan fingerprint density at radius 2 is 2.07 bits per heavy atom. The molecular formula is C21H19N5O2. The van der Waals surface area contributed by atoms with Crippen molar-refractivity contribution in [2.24, 2.45) is 0 Å². The third kappa shape index (κ3) is 3.00. The first-order chi connectivity index (χ1) is 13.8. The second kappa shape index (κ2) is 6.84. The zero-order valence-corrected chi connectivity index (χ0v) is 15.2. The molecule has 0 radical (unpaired) electrons. The molecule has 4 heterocycles. The summed E-state index contributed by atoms with van der Waals surface area (Å²) in [6, 6.07) is 15.6. The zero-order valence-electron chi connectivity index (χ0n) is 15.2. The Morgan fingerprint density at radius 3 is 2.89 bits per heavy atom. The summed E-state index contributed by atoms with van der Waals surface area (Å²) in [4.78, 5) is 19.0. The molecule has 0 spiro atoms. The lowest BCUT2D eigenvalue weighted by Crippen LogP contribution is -2.37. The van der Waals surface area contributed by atoms with Crippen LogP contribution in [0, 0.1) is 0 Å². The summed E-state index contributed by atoms with van der Waals surface area (Å²) in [5.74, 6) is 1.03. The number of carbonyl (C=O) groups excluding carboxylic acids is 1. The lowest BCUT2D eigenvalue weighted by atomic mass is 10.1. The number of amides is 1. The Labute approximate surface area is 161 Å². The third-order valence-corrected chi connectivity index (χ3v) is 5.01. The molecule has 1 aliphatic heterocycles. The van der Waals surface area contributed by atoms with Crippen molar-refractivity contribution in [3.63, 3.8) is 0 Å². The van der Waals surface area contributed by atoms with Gasteiger partial charge in [-0.05, 0) is 24.6 Å². The van der Waals surface area contributed by atoms with E-state index in [1.165, 1.54) is 6.26 Å². The highest BCUT2D eigenvalue weighted by atomic mass is 16.3. The molecule has 1 amide bonds. The van der Waals surface area contributed by atoms with Crippen LogP contribution in [0.4, 0.5) is 5.82 Å². The highest BCUT2D eigenvalue weighted by Crippen LogP contribution is 2.27. The van der Waals surface area contributed by atoms with Crippen LogP contribution < -0.4 is 10.2 Å². The Bertz CT molecular complexity index is 1100. The van der Waals surface area contributed by atoms with Crippen LogP contribution in [0.2, 0.25) is 0 Å². The van der Waals surface area contributed by atoms with Gasteiger partial charge in [-0.15, -0.1) is 0 Å². The molecule has 1 atom stereocenters. The summed E-state index contributed by atoms with van der Waals surface area (Å²) >= 11 is 0. The zero-order chi connectivity index (χ0) is 18.9. The van der Waals surface area contributed by atoms with Gasteiger partial charge in [-0.3, -0.25) is 4.79 Å². The van der Waals surface area contributed by atoms with E-state index in [9.17, 15) is 4.79 Å². The lowest BCUT2D eigenvalue weighted by molar-refractivity contribution is 0.0912. The van der Waals surface area contributed by atoms with Crippen molar-refractivity contribution in [1.82, 2.24) is 19.9 Å². The first kappa shape index (κ1) is 16.6. The third-order valence-electron chi connectivity index (χ3n) is 5.01. The number of furan rings is 1. The van der Waals surface area contributed by atoms with E-state index in [0.717, 1.165) is 35.6 Å². The highest BCUT2D eigenvalue weighted by molar-refractivity contribution is 5.91. The molecule has 0 bridgehead atoms. The van der Waals surface area contributed by atoms with Gasteiger partial charge in [0.05, 0.1) is 12.0 Å². The Hall–Kier alpha value is -3.61. The molecule has 7 nitrogen and oxygen atoms in total. The molecule has 3 aromatic heterocycles. The van der Waals surface area contributed by atoms with Crippen molar-refractivity contribution in [3.05, 3.63) is 72.9 Å². The van der Waals surface area contributed by atoms with Crippen molar-refractivity contribution < 1.29 is 9.21 Å². The van der Waals surface area contributed by atoms with Crippen LogP contribution in [0.5, 0.6) is 0 Å². The molecule has 1 fully saturated rings. The molecule has 1 saturated heterocycles. The van der Waals surface area contributed by atoms with Crippen LogP contribution in [0.3, 0.4) is 0 Å². The monoisotopic (exact) mass is 373 g/mol. The average molecular weight is 373 g/mol. The molecule has 140 valence electrons. The van der Waals surface area contributed by atoms with Gasteiger partial charge in [-0.2, -0.15) is 5.10 Å². The van der Waals surface area contributed by atoms with Gasteiger partial charge in [0.15, 0.2) is 11.6 Å². The molecule has 4 aromatic rings. The van der Waals surface area contributed by atoms with Crippen molar-refractivity contribution in [2.75, 3.05) is 18.0 Å². The second-order valence-electron chi connectivity index (χ2n) is 6.86. The van der Waals surface area contributed by atoms with Gasteiger partial charge in [0, 0.05) is 37.1 Å². The Kier molecular flexibility index (Phi) is 4.05. The minimum Gasteiger partial charge on any atom is -0.459 e. The van der Waals surface area contributed by atoms with Crippen molar-refractivity contribution in [1.29, 1.82) is 0 Å². The maximum Gasteiger partial charge on any atom is 0.287 e. The number of aromatic nitrogens is 3. The molecule has 1 N–H and O–H groups in total. The predicted molar refractivity (Wildman–Crippen MR) is 105 cm³/mol. The number of rotatable bonds is 4. The van der Waals surface area contributed by atoms with Crippen LogP contribution in [0.1, 0.15) is 17.0 Å². The van der Waals surface area contributed by atoms with E-state index in [0.29, 0.717) is 12.3 Å². The van der Waals surface area contributed by atoms with Gasteiger partial charge in [0.2, 0.25) is 0 Å². The highest BCUT2D eigenvalue weighted by Gasteiger charge is 2.27. The first-order valence-electron chi connectivity index (χ1n) is 9.27. The van der Waals surface area contributed by atoms with Crippen LogP contribution in [0.25, 0.3) is 16.8 Å². The average Bonchev–Trinajstić information content (AvgIpc) is 3.48. The number of fused-ring (bicyclic) bond motifs is 1. The fourth-order valence-corrected chi connectivity index (χ4v) is 3.64. The van der Waals surface area contributed by atoms with Crippen LogP contribution in [-0.4, -0.2) is 39.6 Å². The number of hydrogen-bond acceptors (Lipinski definition) is 5. The van der Waals surface area contributed by atoms with E-state index in [1.807, 2.05) is 41.0 Å². The molecule has 1 aromatic carbocycles. The van der Waals surface area contributed by atoms with Gasteiger partial charge >= 0.3 is 0 Å². The number of anilines is 1. The SMILES string of the molecule is O=C(NC1CCN(c2nccn3nc(-c4ccccc4)cc23)C1)c1ccco1. The molecule has 5 rings (SSSR count). The lowest BCUT2D eigenvalue weighted by Gasteiger charge is -2.18. The van der Waals surface area contributed by atoms with Crippen LogP contribution in [0.15, 0.2) is 71.6 Å². The van der Waals surface area contributed by atoms with Crippen molar-refractivity contribution >= 4 is 17.2 Å². The molecule has 1 aliphatic rings. The topological polar surface area (TPSA) is 75.7 Å². The van der Waals surface area contributed by atoms with E-state index < -0.39 is 0 Å². The summed E-state index contributed by atoms with van der Waals surface area (Å²) in [5, 5.41) is 7.72. The summed E-state index contributed by atoms with van der Waals surface area (Å²) in [6.45, 7) is 1.52. The normalized spacial score (nSPS) is 16.6. The molecule has 7 heteroatoms. The summed E-state index contributed by atoms with van der Waals surface area (Å²) in [7, 11) is 0. The number of benzene rings is 1. The minimum absolute atomic E-state index is 0.0520. The maximum atomic E-state index is 12.2.